The van der Waals surface area contributed by atoms with Crippen molar-refractivity contribution in [1.82, 2.24) is 0 Å². The van der Waals surface area contributed by atoms with Gasteiger partial charge < -0.3 is 5.32 Å². The van der Waals surface area contributed by atoms with Crippen LogP contribution in [0.1, 0.15) is 24.8 Å². The first-order valence-corrected chi connectivity index (χ1v) is 8.04. The molecule has 0 amide bonds. The zero-order valence-corrected chi connectivity index (χ0v) is 12.9. The lowest BCUT2D eigenvalue weighted by molar-refractivity contribution is -0.137. The Morgan fingerprint density at radius 2 is 2.05 bits per heavy atom. The molecule has 1 fully saturated rings. The number of alkyl halides is 3. The van der Waals surface area contributed by atoms with E-state index < -0.39 is 11.7 Å². The molecule has 1 aromatic carbocycles. The van der Waals surface area contributed by atoms with Gasteiger partial charge in [-0.1, -0.05) is 22.4 Å². The normalized spacial score (nSPS) is 17.9. The third-order valence-corrected chi connectivity index (χ3v) is 5.50. The average molecular weight is 354 g/mol. The third-order valence-electron chi connectivity index (χ3n) is 3.59. The molecule has 2 rings (SSSR count). The lowest BCUT2D eigenvalue weighted by atomic mass is 9.84. The quantitative estimate of drug-likeness (QED) is 0.801. The van der Waals surface area contributed by atoms with Crippen molar-refractivity contribution in [2.75, 3.05) is 18.1 Å². The standard InChI is InChI=1S/C13H15BrF3NS/c1-19-12(5-2-6-12)8-18-11-7-9(14)3-4-10(11)13(15,16)17/h3-4,7,18H,2,5-6,8H2,1H3. The van der Waals surface area contributed by atoms with Gasteiger partial charge in [0, 0.05) is 21.5 Å². The van der Waals surface area contributed by atoms with Gasteiger partial charge in [-0.2, -0.15) is 24.9 Å². The number of rotatable bonds is 4. The minimum Gasteiger partial charge on any atom is -0.383 e. The Bertz CT molecular complexity index is 452. The van der Waals surface area contributed by atoms with Crippen molar-refractivity contribution in [3.05, 3.63) is 28.2 Å². The van der Waals surface area contributed by atoms with Gasteiger partial charge in [0.15, 0.2) is 0 Å². The summed E-state index contributed by atoms with van der Waals surface area (Å²) in [6.45, 7) is 0.577. The molecular weight excluding hydrogens is 339 g/mol. The molecule has 1 N–H and O–H groups in total. The molecule has 0 atom stereocenters. The van der Waals surface area contributed by atoms with Gasteiger partial charge in [-0.15, -0.1) is 0 Å². The van der Waals surface area contributed by atoms with Crippen LogP contribution in [0.15, 0.2) is 22.7 Å². The molecule has 0 bridgehead atoms. The van der Waals surface area contributed by atoms with E-state index in [1.54, 1.807) is 11.8 Å². The highest BCUT2D eigenvalue weighted by molar-refractivity contribution is 9.10. The summed E-state index contributed by atoms with van der Waals surface area (Å²) in [4.78, 5) is 0. The van der Waals surface area contributed by atoms with Gasteiger partial charge in [0.05, 0.1) is 5.56 Å². The van der Waals surface area contributed by atoms with Crippen LogP contribution < -0.4 is 5.32 Å². The van der Waals surface area contributed by atoms with Gasteiger partial charge >= 0.3 is 6.18 Å². The number of thioether (sulfide) groups is 1. The lowest BCUT2D eigenvalue weighted by Gasteiger charge is -2.41. The van der Waals surface area contributed by atoms with E-state index in [0.717, 1.165) is 25.3 Å². The van der Waals surface area contributed by atoms with Crippen LogP contribution in [0, 0.1) is 0 Å². The monoisotopic (exact) mass is 353 g/mol. The Labute approximate surface area is 123 Å². The molecule has 1 nitrogen and oxygen atoms in total. The first kappa shape index (κ1) is 15.0. The Morgan fingerprint density at radius 3 is 2.53 bits per heavy atom. The molecule has 106 valence electrons. The molecule has 1 aliphatic rings. The maximum atomic E-state index is 12.9. The van der Waals surface area contributed by atoms with Crippen molar-refractivity contribution in [2.45, 2.75) is 30.2 Å². The largest absolute Gasteiger partial charge is 0.418 e. The second-order valence-corrected chi connectivity index (χ2v) is 6.97. The fraction of sp³-hybridized carbons (Fsp3) is 0.538. The average Bonchev–Trinajstić information content (AvgIpc) is 2.26. The van der Waals surface area contributed by atoms with Crippen LogP contribution in [0.25, 0.3) is 0 Å². The van der Waals surface area contributed by atoms with Gasteiger partial charge in [-0.05, 0) is 37.3 Å². The lowest BCUT2D eigenvalue weighted by Crippen LogP contribution is -2.40. The van der Waals surface area contributed by atoms with Crippen molar-refractivity contribution in [1.29, 1.82) is 0 Å². The molecule has 1 aromatic rings. The SMILES string of the molecule is CSC1(CNc2cc(Br)ccc2C(F)(F)F)CCC1. The summed E-state index contributed by atoms with van der Waals surface area (Å²) in [5.74, 6) is 0. The first-order valence-electron chi connectivity index (χ1n) is 6.02. The number of hydrogen-bond acceptors (Lipinski definition) is 2. The van der Waals surface area contributed by atoms with E-state index in [0.29, 0.717) is 11.0 Å². The van der Waals surface area contributed by atoms with Gasteiger partial charge in [-0.3, -0.25) is 0 Å². The van der Waals surface area contributed by atoms with E-state index in [1.807, 2.05) is 6.26 Å². The zero-order chi connectivity index (χ0) is 14.1. The summed E-state index contributed by atoms with van der Waals surface area (Å²) >= 11 is 4.96. The Kier molecular flexibility index (Phi) is 4.40. The number of halogens is 4. The summed E-state index contributed by atoms with van der Waals surface area (Å²) < 4.78 is 39.5. The molecule has 1 aliphatic carbocycles. The van der Waals surface area contributed by atoms with Crippen LogP contribution in [0.2, 0.25) is 0 Å². The maximum Gasteiger partial charge on any atom is 0.418 e. The van der Waals surface area contributed by atoms with Crippen molar-refractivity contribution in [3.8, 4) is 0 Å². The van der Waals surface area contributed by atoms with Crippen LogP contribution in [0.5, 0.6) is 0 Å². The zero-order valence-electron chi connectivity index (χ0n) is 10.5. The van der Waals surface area contributed by atoms with E-state index in [9.17, 15) is 13.2 Å². The van der Waals surface area contributed by atoms with Crippen LogP contribution in [-0.2, 0) is 6.18 Å². The highest BCUT2D eigenvalue weighted by atomic mass is 79.9. The summed E-state index contributed by atoms with van der Waals surface area (Å²) in [7, 11) is 0. The number of anilines is 1. The summed E-state index contributed by atoms with van der Waals surface area (Å²) in [5, 5.41) is 2.98. The molecule has 6 heteroatoms. The molecular formula is C13H15BrF3NS. The van der Waals surface area contributed by atoms with Crippen molar-refractivity contribution >= 4 is 33.4 Å². The Balaban J connectivity index is 2.17. The van der Waals surface area contributed by atoms with Crippen LogP contribution >= 0.6 is 27.7 Å². The second-order valence-electron chi connectivity index (χ2n) is 4.78. The highest BCUT2D eigenvalue weighted by Gasteiger charge is 2.37. The molecule has 0 unspecified atom stereocenters. The van der Waals surface area contributed by atoms with Gasteiger partial charge in [0.25, 0.3) is 0 Å². The molecule has 19 heavy (non-hydrogen) atoms. The fourth-order valence-corrected chi connectivity index (χ4v) is 3.46. The van der Waals surface area contributed by atoms with E-state index in [-0.39, 0.29) is 10.4 Å². The number of nitrogens with one attached hydrogen (secondary N) is 1. The first-order chi connectivity index (χ1) is 8.86. The van der Waals surface area contributed by atoms with E-state index >= 15 is 0 Å². The van der Waals surface area contributed by atoms with Crippen molar-refractivity contribution < 1.29 is 13.2 Å². The maximum absolute atomic E-state index is 12.9. The minimum absolute atomic E-state index is 0.102. The molecule has 1 saturated carbocycles. The topological polar surface area (TPSA) is 12.0 Å². The van der Waals surface area contributed by atoms with Crippen LogP contribution in [0.4, 0.5) is 18.9 Å². The molecule has 0 aliphatic heterocycles. The summed E-state index contributed by atoms with van der Waals surface area (Å²) in [6.07, 6.45) is 0.988. The van der Waals surface area contributed by atoms with Crippen molar-refractivity contribution in [3.63, 3.8) is 0 Å². The van der Waals surface area contributed by atoms with Crippen LogP contribution in [-0.4, -0.2) is 17.5 Å². The predicted molar refractivity (Wildman–Crippen MR) is 77.7 cm³/mol. The smallest absolute Gasteiger partial charge is 0.383 e. The highest BCUT2D eigenvalue weighted by Crippen LogP contribution is 2.43. The van der Waals surface area contributed by atoms with E-state index in [4.69, 9.17) is 0 Å². The van der Waals surface area contributed by atoms with Gasteiger partial charge in [0.2, 0.25) is 0 Å². The molecule has 0 radical (unpaired) electrons. The number of benzene rings is 1. The molecule has 0 aromatic heterocycles. The predicted octanol–water partition coefficient (Wildman–Crippen LogP) is 5.17. The molecule has 0 spiro atoms. The Morgan fingerprint density at radius 1 is 1.37 bits per heavy atom. The Hall–Kier alpha value is -0.360. The fourth-order valence-electron chi connectivity index (χ4n) is 2.19. The minimum atomic E-state index is -4.32. The van der Waals surface area contributed by atoms with Crippen molar-refractivity contribution in [2.24, 2.45) is 0 Å². The van der Waals surface area contributed by atoms with E-state index in [2.05, 4.69) is 21.2 Å². The molecule has 0 heterocycles. The van der Waals surface area contributed by atoms with E-state index in [1.165, 1.54) is 12.1 Å². The molecule has 0 saturated heterocycles. The third kappa shape index (κ3) is 3.40. The number of hydrogen-bond donors (Lipinski definition) is 1. The summed E-state index contributed by atoms with van der Waals surface area (Å²) in [6, 6.07) is 4.02. The van der Waals surface area contributed by atoms with Gasteiger partial charge in [-0.25, -0.2) is 0 Å². The summed E-state index contributed by atoms with van der Waals surface area (Å²) in [5.41, 5.74) is -0.450. The van der Waals surface area contributed by atoms with Crippen LogP contribution in [0.3, 0.4) is 0 Å². The van der Waals surface area contributed by atoms with Gasteiger partial charge in [0.1, 0.15) is 0 Å². The second kappa shape index (κ2) is 5.56.